The summed E-state index contributed by atoms with van der Waals surface area (Å²) in [6.07, 6.45) is 0.541. The minimum absolute atomic E-state index is 0.195. The Morgan fingerprint density at radius 1 is 1.20 bits per heavy atom. The monoisotopic (exact) mass is 283 g/mol. The van der Waals surface area contributed by atoms with E-state index in [-0.39, 0.29) is 6.61 Å². The van der Waals surface area contributed by atoms with Gasteiger partial charge in [0.25, 0.3) is 0 Å². The highest BCUT2D eigenvalue weighted by Crippen LogP contribution is 2.38. The van der Waals surface area contributed by atoms with Crippen molar-refractivity contribution in [1.82, 2.24) is 5.32 Å². The van der Waals surface area contributed by atoms with E-state index < -0.39 is 6.10 Å². The van der Waals surface area contributed by atoms with Gasteiger partial charge in [0.15, 0.2) is 11.5 Å². The van der Waals surface area contributed by atoms with Crippen molar-refractivity contribution >= 4 is 0 Å². The zero-order valence-electron chi connectivity index (χ0n) is 12.7. The van der Waals surface area contributed by atoms with E-state index in [0.717, 1.165) is 25.1 Å². The van der Waals surface area contributed by atoms with Gasteiger partial charge in [-0.2, -0.15) is 0 Å². The van der Waals surface area contributed by atoms with Crippen LogP contribution in [0.25, 0.3) is 0 Å². The van der Waals surface area contributed by atoms with Gasteiger partial charge < -0.3 is 24.6 Å². The summed E-state index contributed by atoms with van der Waals surface area (Å²) in [5, 5.41) is 12.7. The molecule has 1 aromatic rings. The van der Waals surface area contributed by atoms with Crippen molar-refractivity contribution in [2.75, 3.05) is 27.4 Å². The van der Waals surface area contributed by atoms with Gasteiger partial charge in [0, 0.05) is 6.54 Å². The summed E-state index contributed by atoms with van der Waals surface area (Å²) in [6.45, 7) is 5.70. The summed E-state index contributed by atoms with van der Waals surface area (Å²) < 4.78 is 16.3. The standard InChI is InChI=1S/C15H25NO4/c1-5-6-16-9-12-7-13(18-3)15(14(8-12)19-4)20-10-11(2)17/h7-8,11,16-17H,5-6,9-10H2,1-4H3. The van der Waals surface area contributed by atoms with Gasteiger partial charge in [-0.25, -0.2) is 0 Å². The normalized spacial score (nSPS) is 12.1. The predicted molar refractivity (Wildman–Crippen MR) is 78.7 cm³/mol. The highest BCUT2D eigenvalue weighted by atomic mass is 16.5. The number of rotatable bonds is 9. The zero-order valence-corrected chi connectivity index (χ0v) is 12.7. The fourth-order valence-corrected chi connectivity index (χ4v) is 1.79. The van der Waals surface area contributed by atoms with Crippen molar-refractivity contribution in [3.05, 3.63) is 17.7 Å². The van der Waals surface area contributed by atoms with Crippen LogP contribution in [-0.4, -0.2) is 38.6 Å². The molecule has 114 valence electrons. The Balaban J connectivity index is 2.92. The number of aliphatic hydroxyl groups excluding tert-OH is 1. The van der Waals surface area contributed by atoms with E-state index in [1.807, 2.05) is 12.1 Å². The summed E-state index contributed by atoms with van der Waals surface area (Å²) in [6, 6.07) is 3.84. The molecular formula is C15H25NO4. The summed E-state index contributed by atoms with van der Waals surface area (Å²) in [7, 11) is 3.18. The number of aliphatic hydroxyl groups is 1. The maximum Gasteiger partial charge on any atom is 0.203 e. The molecule has 1 unspecified atom stereocenters. The van der Waals surface area contributed by atoms with Crippen molar-refractivity contribution in [3.8, 4) is 17.2 Å². The lowest BCUT2D eigenvalue weighted by atomic mass is 10.1. The molecule has 0 saturated heterocycles. The average Bonchev–Trinajstić information content (AvgIpc) is 2.44. The fraction of sp³-hybridized carbons (Fsp3) is 0.600. The summed E-state index contributed by atoms with van der Waals surface area (Å²) in [4.78, 5) is 0. The topological polar surface area (TPSA) is 60.0 Å². The van der Waals surface area contributed by atoms with E-state index in [0.29, 0.717) is 17.2 Å². The maximum atomic E-state index is 9.32. The van der Waals surface area contributed by atoms with Crippen molar-refractivity contribution in [3.63, 3.8) is 0 Å². The molecule has 1 atom stereocenters. The quantitative estimate of drug-likeness (QED) is 0.678. The molecule has 0 amide bonds. The van der Waals surface area contributed by atoms with Crippen LogP contribution >= 0.6 is 0 Å². The largest absolute Gasteiger partial charge is 0.493 e. The molecule has 0 heterocycles. The summed E-state index contributed by atoms with van der Waals surface area (Å²) in [5.41, 5.74) is 1.07. The number of nitrogens with one attached hydrogen (secondary N) is 1. The third-order valence-electron chi connectivity index (χ3n) is 2.75. The number of hydrogen-bond donors (Lipinski definition) is 2. The first kappa shape index (κ1) is 16.6. The molecule has 20 heavy (non-hydrogen) atoms. The molecule has 5 nitrogen and oxygen atoms in total. The maximum absolute atomic E-state index is 9.32. The Morgan fingerprint density at radius 3 is 2.25 bits per heavy atom. The van der Waals surface area contributed by atoms with Crippen molar-refractivity contribution in [1.29, 1.82) is 0 Å². The molecule has 1 aromatic carbocycles. The van der Waals surface area contributed by atoms with E-state index in [2.05, 4.69) is 12.2 Å². The van der Waals surface area contributed by atoms with Crippen LogP contribution in [-0.2, 0) is 6.54 Å². The second kappa shape index (κ2) is 8.66. The van der Waals surface area contributed by atoms with Gasteiger partial charge in [-0.3, -0.25) is 0 Å². The fourth-order valence-electron chi connectivity index (χ4n) is 1.79. The van der Waals surface area contributed by atoms with Gasteiger partial charge >= 0.3 is 0 Å². The highest BCUT2D eigenvalue weighted by molar-refractivity contribution is 5.53. The SMILES string of the molecule is CCCNCc1cc(OC)c(OCC(C)O)c(OC)c1. The number of benzene rings is 1. The first-order valence-electron chi connectivity index (χ1n) is 6.88. The average molecular weight is 283 g/mol. The Morgan fingerprint density at radius 2 is 1.80 bits per heavy atom. The number of methoxy groups -OCH3 is 2. The van der Waals surface area contributed by atoms with Gasteiger partial charge in [-0.1, -0.05) is 6.92 Å². The first-order chi connectivity index (χ1) is 9.62. The van der Waals surface area contributed by atoms with Gasteiger partial charge in [0.2, 0.25) is 5.75 Å². The van der Waals surface area contributed by atoms with Crippen LogP contribution in [0.15, 0.2) is 12.1 Å². The van der Waals surface area contributed by atoms with Crippen LogP contribution in [0.1, 0.15) is 25.8 Å². The Hall–Kier alpha value is -1.46. The van der Waals surface area contributed by atoms with Crippen molar-refractivity contribution in [2.24, 2.45) is 0 Å². The van der Waals surface area contributed by atoms with E-state index in [1.54, 1.807) is 21.1 Å². The van der Waals surface area contributed by atoms with E-state index >= 15 is 0 Å². The first-order valence-corrected chi connectivity index (χ1v) is 6.88. The van der Waals surface area contributed by atoms with Gasteiger partial charge in [-0.05, 0) is 37.6 Å². The van der Waals surface area contributed by atoms with Crippen LogP contribution in [0, 0.1) is 0 Å². The van der Waals surface area contributed by atoms with Gasteiger partial charge in [0.05, 0.1) is 20.3 Å². The third kappa shape index (κ3) is 4.90. The van der Waals surface area contributed by atoms with Gasteiger partial charge in [-0.15, -0.1) is 0 Å². The molecule has 2 N–H and O–H groups in total. The van der Waals surface area contributed by atoms with E-state index in [4.69, 9.17) is 14.2 Å². The van der Waals surface area contributed by atoms with Crippen molar-refractivity contribution < 1.29 is 19.3 Å². The van der Waals surface area contributed by atoms with Crippen LogP contribution in [0.4, 0.5) is 0 Å². The molecule has 0 saturated carbocycles. The molecule has 0 radical (unpaired) electrons. The Kier molecular flexibility index (Phi) is 7.18. The molecule has 0 spiro atoms. The molecule has 5 heteroatoms. The van der Waals surface area contributed by atoms with Crippen LogP contribution in [0.5, 0.6) is 17.2 Å². The molecule has 0 fully saturated rings. The molecular weight excluding hydrogens is 258 g/mol. The number of ether oxygens (including phenoxy) is 3. The van der Waals surface area contributed by atoms with E-state index in [9.17, 15) is 5.11 Å². The lowest BCUT2D eigenvalue weighted by Gasteiger charge is -2.17. The minimum atomic E-state index is -0.546. The van der Waals surface area contributed by atoms with Crippen LogP contribution < -0.4 is 19.5 Å². The highest BCUT2D eigenvalue weighted by Gasteiger charge is 2.14. The molecule has 1 rings (SSSR count). The second-order valence-electron chi connectivity index (χ2n) is 4.67. The lowest BCUT2D eigenvalue weighted by Crippen LogP contribution is -2.15. The Labute approximate surface area is 120 Å². The summed E-state index contributed by atoms with van der Waals surface area (Å²) in [5.74, 6) is 1.74. The lowest BCUT2D eigenvalue weighted by molar-refractivity contribution is 0.118. The predicted octanol–water partition coefficient (Wildman–Crippen LogP) is 1.96. The number of hydrogen-bond acceptors (Lipinski definition) is 5. The minimum Gasteiger partial charge on any atom is -0.493 e. The second-order valence-corrected chi connectivity index (χ2v) is 4.67. The zero-order chi connectivity index (χ0) is 15.0. The van der Waals surface area contributed by atoms with E-state index in [1.165, 1.54) is 0 Å². The molecule has 0 bridgehead atoms. The smallest absolute Gasteiger partial charge is 0.203 e. The third-order valence-corrected chi connectivity index (χ3v) is 2.75. The molecule has 0 aliphatic heterocycles. The Bertz CT molecular complexity index is 382. The van der Waals surface area contributed by atoms with Gasteiger partial charge in [0.1, 0.15) is 6.61 Å². The molecule has 0 aliphatic carbocycles. The van der Waals surface area contributed by atoms with Crippen molar-refractivity contribution in [2.45, 2.75) is 32.9 Å². The van der Waals surface area contributed by atoms with Crippen LogP contribution in [0.3, 0.4) is 0 Å². The summed E-state index contributed by atoms with van der Waals surface area (Å²) >= 11 is 0. The molecule has 0 aromatic heterocycles. The molecule has 0 aliphatic rings. The van der Waals surface area contributed by atoms with Crippen LogP contribution in [0.2, 0.25) is 0 Å².